The highest BCUT2D eigenvalue weighted by Crippen LogP contribution is 2.20. The molecule has 2 aromatic rings. The van der Waals surface area contributed by atoms with Crippen LogP contribution in [0.4, 0.5) is 0 Å². The van der Waals surface area contributed by atoms with Gasteiger partial charge in [0.05, 0.1) is 6.61 Å². The number of aryl methyl sites for hydroxylation is 1. The van der Waals surface area contributed by atoms with Crippen molar-refractivity contribution < 1.29 is 5.11 Å². The fourth-order valence-electron chi connectivity index (χ4n) is 2.13. The topological polar surface area (TPSA) is 36.4 Å². The van der Waals surface area contributed by atoms with Crippen LogP contribution in [-0.2, 0) is 13.1 Å². The molecule has 0 aliphatic rings. The Hall–Kier alpha value is -1.23. The van der Waals surface area contributed by atoms with Crippen molar-refractivity contribution in [1.29, 1.82) is 0 Å². The Morgan fingerprint density at radius 1 is 1.25 bits per heavy atom. The van der Waals surface area contributed by atoms with Gasteiger partial charge in [-0.3, -0.25) is 9.88 Å². The van der Waals surface area contributed by atoms with Crippen LogP contribution in [-0.4, -0.2) is 28.1 Å². The van der Waals surface area contributed by atoms with E-state index in [0.29, 0.717) is 6.54 Å². The summed E-state index contributed by atoms with van der Waals surface area (Å²) in [5.74, 6) is 0. The molecule has 0 aliphatic carbocycles. The van der Waals surface area contributed by atoms with E-state index in [2.05, 4.69) is 57.0 Å². The summed E-state index contributed by atoms with van der Waals surface area (Å²) >= 11 is 3.61. The molecule has 2 rings (SSSR count). The van der Waals surface area contributed by atoms with Gasteiger partial charge in [-0.05, 0) is 35.7 Å². The first kappa shape index (κ1) is 15.2. The predicted octanol–water partition coefficient (Wildman–Crippen LogP) is 3.15. The Kier molecular flexibility index (Phi) is 5.71. The normalized spacial score (nSPS) is 11.0. The SMILES string of the molecule is Cc1ccc(CN(CCO)Cc2cccnc2)c(Br)c1. The lowest BCUT2D eigenvalue weighted by molar-refractivity contribution is 0.184. The maximum Gasteiger partial charge on any atom is 0.0558 e. The second-order valence-corrected chi connectivity index (χ2v) is 5.74. The molecule has 1 heterocycles. The lowest BCUT2D eigenvalue weighted by Gasteiger charge is -2.22. The zero-order chi connectivity index (χ0) is 14.4. The van der Waals surface area contributed by atoms with Crippen LogP contribution in [0, 0.1) is 6.92 Å². The monoisotopic (exact) mass is 334 g/mol. The molecular weight excluding hydrogens is 316 g/mol. The minimum absolute atomic E-state index is 0.156. The van der Waals surface area contributed by atoms with E-state index in [-0.39, 0.29) is 6.61 Å². The van der Waals surface area contributed by atoms with E-state index < -0.39 is 0 Å². The summed E-state index contributed by atoms with van der Waals surface area (Å²) < 4.78 is 1.12. The lowest BCUT2D eigenvalue weighted by Crippen LogP contribution is -2.26. The van der Waals surface area contributed by atoms with E-state index in [0.717, 1.165) is 23.1 Å². The number of aliphatic hydroxyl groups excluding tert-OH is 1. The average Bonchev–Trinajstić information content (AvgIpc) is 2.43. The smallest absolute Gasteiger partial charge is 0.0558 e. The quantitative estimate of drug-likeness (QED) is 0.881. The maximum atomic E-state index is 9.24. The summed E-state index contributed by atoms with van der Waals surface area (Å²) in [4.78, 5) is 6.35. The van der Waals surface area contributed by atoms with Crippen LogP contribution >= 0.6 is 15.9 Å². The fraction of sp³-hybridized carbons (Fsp3) is 0.312. The summed E-state index contributed by atoms with van der Waals surface area (Å²) in [5.41, 5.74) is 3.62. The van der Waals surface area contributed by atoms with Crippen LogP contribution in [0.15, 0.2) is 47.2 Å². The van der Waals surface area contributed by atoms with Gasteiger partial charge in [0, 0.05) is 36.5 Å². The molecule has 0 saturated carbocycles. The molecule has 0 saturated heterocycles. The molecule has 1 aromatic carbocycles. The van der Waals surface area contributed by atoms with Crippen molar-refractivity contribution in [2.45, 2.75) is 20.0 Å². The lowest BCUT2D eigenvalue weighted by atomic mass is 10.1. The van der Waals surface area contributed by atoms with Crippen LogP contribution < -0.4 is 0 Å². The Labute approximate surface area is 128 Å². The van der Waals surface area contributed by atoms with Crippen molar-refractivity contribution in [1.82, 2.24) is 9.88 Å². The predicted molar refractivity (Wildman–Crippen MR) is 84.3 cm³/mol. The molecule has 0 radical (unpaired) electrons. The molecule has 0 aliphatic heterocycles. The maximum absolute atomic E-state index is 9.24. The Bertz CT molecular complexity index is 545. The minimum atomic E-state index is 0.156. The van der Waals surface area contributed by atoms with Crippen LogP contribution in [0.2, 0.25) is 0 Å². The molecule has 3 nitrogen and oxygen atoms in total. The third-order valence-electron chi connectivity index (χ3n) is 3.15. The van der Waals surface area contributed by atoms with E-state index in [1.807, 2.05) is 12.3 Å². The van der Waals surface area contributed by atoms with Gasteiger partial charge in [-0.25, -0.2) is 0 Å². The third kappa shape index (κ3) is 4.40. The molecule has 1 aromatic heterocycles. The molecule has 1 N–H and O–H groups in total. The number of nitrogens with zero attached hydrogens (tertiary/aromatic N) is 2. The van der Waals surface area contributed by atoms with Gasteiger partial charge in [0.2, 0.25) is 0 Å². The van der Waals surface area contributed by atoms with E-state index in [4.69, 9.17) is 0 Å². The molecule has 20 heavy (non-hydrogen) atoms. The molecular formula is C16H19BrN2O. The summed E-state index contributed by atoms with van der Waals surface area (Å²) in [6, 6.07) is 10.4. The second kappa shape index (κ2) is 7.53. The van der Waals surface area contributed by atoms with Crippen molar-refractivity contribution in [2.24, 2.45) is 0 Å². The summed E-state index contributed by atoms with van der Waals surface area (Å²) in [6.07, 6.45) is 3.64. The highest BCUT2D eigenvalue weighted by molar-refractivity contribution is 9.10. The van der Waals surface area contributed by atoms with Crippen molar-refractivity contribution >= 4 is 15.9 Å². The van der Waals surface area contributed by atoms with Gasteiger partial charge >= 0.3 is 0 Å². The zero-order valence-electron chi connectivity index (χ0n) is 11.6. The van der Waals surface area contributed by atoms with Gasteiger partial charge < -0.3 is 5.11 Å². The number of halogens is 1. The number of pyridine rings is 1. The number of hydrogen-bond acceptors (Lipinski definition) is 3. The van der Waals surface area contributed by atoms with E-state index >= 15 is 0 Å². The van der Waals surface area contributed by atoms with Gasteiger partial charge in [-0.15, -0.1) is 0 Å². The standard InChI is InChI=1S/C16H19BrN2O/c1-13-4-5-15(16(17)9-13)12-19(7-8-20)11-14-3-2-6-18-10-14/h2-6,9-10,20H,7-8,11-12H2,1H3. The largest absolute Gasteiger partial charge is 0.395 e. The molecule has 0 amide bonds. The molecule has 0 fully saturated rings. The number of rotatable bonds is 6. The van der Waals surface area contributed by atoms with E-state index in [1.54, 1.807) is 6.20 Å². The molecule has 0 unspecified atom stereocenters. The number of aliphatic hydroxyl groups is 1. The fourth-order valence-corrected chi connectivity index (χ4v) is 2.75. The van der Waals surface area contributed by atoms with Crippen LogP contribution in [0.1, 0.15) is 16.7 Å². The molecule has 4 heteroatoms. The average molecular weight is 335 g/mol. The highest BCUT2D eigenvalue weighted by Gasteiger charge is 2.09. The van der Waals surface area contributed by atoms with Crippen molar-refractivity contribution in [3.05, 3.63) is 63.9 Å². The Morgan fingerprint density at radius 2 is 2.10 bits per heavy atom. The minimum Gasteiger partial charge on any atom is -0.395 e. The Balaban J connectivity index is 2.09. The number of aromatic nitrogens is 1. The number of hydrogen-bond donors (Lipinski definition) is 1. The molecule has 0 spiro atoms. The van der Waals surface area contributed by atoms with Gasteiger partial charge in [0.25, 0.3) is 0 Å². The van der Waals surface area contributed by atoms with E-state index in [1.165, 1.54) is 11.1 Å². The summed E-state index contributed by atoms with van der Waals surface area (Å²) in [7, 11) is 0. The molecule has 0 bridgehead atoms. The first-order chi connectivity index (χ1) is 9.69. The zero-order valence-corrected chi connectivity index (χ0v) is 13.2. The summed E-state index contributed by atoms with van der Waals surface area (Å²) in [5, 5.41) is 9.24. The third-order valence-corrected chi connectivity index (χ3v) is 3.89. The second-order valence-electron chi connectivity index (χ2n) is 4.89. The first-order valence-corrected chi connectivity index (χ1v) is 7.45. The van der Waals surface area contributed by atoms with Crippen LogP contribution in [0.5, 0.6) is 0 Å². The van der Waals surface area contributed by atoms with Crippen molar-refractivity contribution in [3.63, 3.8) is 0 Å². The Morgan fingerprint density at radius 3 is 2.75 bits per heavy atom. The van der Waals surface area contributed by atoms with Crippen molar-refractivity contribution in [3.8, 4) is 0 Å². The van der Waals surface area contributed by atoms with Gasteiger partial charge in [0.1, 0.15) is 0 Å². The van der Waals surface area contributed by atoms with E-state index in [9.17, 15) is 5.11 Å². The van der Waals surface area contributed by atoms with Gasteiger partial charge in [0.15, 0.2) is 0 Å². The molecule has 0 atom stereocenters. The number of benzene rings is 1. The van der Waals surface area contributed by atoms with Crippen molar-refractivity contribution in [2.75, 3.05) is 13.2 Å². The molecule has 106 valence electrons. The van der Waals surface area contributed by atoms with Gasteiger partial charge in [-0.1, -0.05) is 34.1 Å². The van der Waals surface area contributed by atoms with Crippen LogP contribution in [0.25, 0.3) is 0 Å². The highest BCUT2D eigenvalue weighted by atomic mass is 79.9. The summed E-state index contributed by atoms with van der Waals surface area (Å²) in [6.45, 7) is 4.47. The first-order valence-electron chi connectivity index (χ1n) is 6.66. The van der Waals surface area contributed by atoms with Crippen LogP contribution in [0.3, 0.4) is 0 Å². The van der Waals surface area contributed by atoms with Gasteiger partial charge in [-0.2, -0.15) is 0 Å².